The summed E-state index contributed by atoms with van der Waals surface area (Å²) in [5.74, 6) is -0.245. The average Bonchev–Trinajstić information content (AvgIpc) is 2.95. The summed E-state index contributed by atoms with van der Waals surface area (Å²) < 4.78 is 43.3. The van der Waals surface area contributed by atoms with E-state index in [9.17, 15) is 18.0 Å². The molecule has 0 aliphatic rings. The summed E-state index contributed by atoms with van der Waals surface area (Å²) in [5.41, 5.74) is 0.642. The van der Waals surface area contributed by atoms with Crippen LogP contribution in [0.25, 0.3) is 25.1 Å². The lowest BCUT2D eigenvalue weighted by atomic mass is 10.1. The standard InChI is InChI=1S/C21H14F3O2S/c1-13(25)14-6-11-20-18(12-14)17-4-2-3-5-19(17)27(20)16-9-7-15(8-10-16)26-21(22,23)24/h2-12H,1H3/q+1. The van der Waals surface area contributed by atoms with E-state index < -0.39 is 16.8 Å². The van der Waals surface area contributed by atoms with E-state index in [0.29, 0.717) is 5.56 Å². The summed E-state index contributed by atoms with van der Waals surface area (Å²) >= 11 is 0. The van der Waals surface area contributed by atoms with Crippen LogP contribution in [0.4, 0.5) is 13.2 Å². The molecule has 0 spiro atoms. The predicted molar refractivity (Wildman–Crippen MR) is 102 cm³/mol. The molecule has 3 aromatic carbocycles. The second kappa shape index (κ2) is 6.39. The molecule has 0 amide bonds. The molecule has 1 heterocycles. The third-order valence-electron chi connectivity index (χ3n) is 4.30. The summed E-state index contributed by atoms with van der Waals surface area (Å²) in [6, 6.07) is 19.5. The van der Waals surface area contributed by atoms with Crippen molar-refractivity contribution >= 4 is 36.4 Å². The number of alkyl halides is 3. The van der Waals surface area contributed by atoms with Gasteiger partial charge in [0.25, 0.3) is 0 Å². The Morgan fingerprint density at radius 1 is 0.889 bits per heavy atom. The minimum absolute atomic E-state index is 0.00397. The van der Waals surface area contributed by atoms with Crippen molar-refractivity contribution < 1.29 is 22.7 Å². The van der Waals surface area contributed by atoms with Crippen LogP contribution in [0.15, 0.2) is 66.7 Å². The van der Waals surface area contributed by atoms with Crippen LogP contribution in [0, 0.1) is 0 Å². The van der Waals surface area contributed by atoms with Gasteiger partial charge >= 0.3 is 6.36 Å². The fraction of sp³-hybridized carbons (Fsp3) is 0.0952. The van der Waals surface area contributed by atoms with E-state index in [-0.39, 0.29) is 11.5 Å². The number of hydrogen-bond acceptors (Lipinski definition) is 2. The quantitative estimate of drug-likeness (QED) is 0.284. The zero-order chi connectivity index (χ0) is 19.2. The molecule has 4 aromatic rings. The Hall–Kier alpha value is -2.86. The van der Waals surface area contributed by atoms with Crippen LogP contribution < -0.4 is 4.74 Å². The molecule has 4 rings (SSSR count). The number of hydrogen-bond donors (Lipinski definition) is 0. The van der Waals surface area contributed by atoms with Crippen molar-refractivity contribution in [3.63, 3.8) is 0 Å². The normalized spacial score (nSPS) is 12.5. The van der Waals surface area contributed by atoms with Crippen LogP contribution in [0.2, 0.25) is 0 Å². The molecule has 2 nitrogen and oxygen atoms in total. The van der Waals surface area contributed by atoms with Gasteiger partial charge < -0.3 is 4.74 Å². The van der Waals surface area contributed by atoms with Crippen LogP contribution >= 0.6 is 10.5 Å². The van der Waals surface area contributed by atoms with E-state index in [1.54, 1.807) is 18.2 Å². The van der Waals surface area contributed by atoms with Gasteiger partial charge in [-0.05, 0) is 49.4 Å². The van der Waals surface area contributed by atoms with Gasteiger partial charge in [-0.3, -0.25) is 4.79 Å². The summed E-state index contributed by atoms with van der Waals surface area (Å²) in [5, 5.41) is 2.05. The molecule has 0 aliphatic carbocycles. The number of carbonyl (C=O) groups excluding carboxylic acids is 1. The van der Waals surface area contributed by atoms with Crippen LogP contribution in [-0.2, 0) is 0 Å². The van der Waals surface area contributed by atoms with Gasteiger partial charge in [-0.1, -0.05) is 12.1 Å². The lowest BCUT2D eigenvalue weighted by molar-refractivity contribution is -0.274. The molecular weight excluding hydrogens is 373 g/mol. The minimum atomic E-state index is -4.71. The fourth-order valence-electron chi connectivity index (χ4n) is 3.15. The molecule has 136 valence electrons. The van der Waals surface area contributed by atoms with Gasteiger partial charge in [0.15, 0.2) is 20.1 Å². The van der Waals surface area contributed by atoms with Crippen molar-refractivity contribution in [3.8, 4) is 10.6 Å². The van der Waals surface area contributed by atoms with Crippen molar-refractivity contribution in [2.45, 2.75) is 13.3 Å². The second-order valence-corrected chi connectivity index (χ2v) is 8.05. The van der Waals surface area contributed by atoms with Gasteiger partial charge in [-0.2, -0.15) is 0 Å². The first kappa shape index (κ1) is 17.5. The van der Waals surface area contributed by atoms with Crippen LogP contribution in [-0.4, -0.2) is 12.1 Å². The van der Waals surface area contributed by atoms with E-state index in [4.69, 9.17) is 0 Å². The molecular formula is C21H14F3O2S+. The van der Waals surface area contributed by atoms with Gasteiger partial charge in [0.05, 0.1) is 0 Å². The maximum atomic E-state index is 12.4. The van der Waals surface area contributed by atoms with E-state index in [1.165, 1.54) is 19.1 Å². The zero-order valence-electron chi connectivity index (χ0n) is 14.2. The number of ketones is 1. The Labute approximate surface area is 155 Å². The SMILES string of the molecule is CC(=O)c1ccc2c(c1)c1ccccc1[s+]2-c1ccc(OC(F)(F)F)cc1. The minimum Gasteiger partial charge on any atom is -0.406 e. The molecule has 0 N–H and O–H groups in total. The summed E-state index contributed by atoms with van der Waals surface area (Å²) in [6.07, 6.45) is -4.71. The fourth-order valence-corrected chi connectivity index (χ4v) is 5.51. The molecule has 0 fully saturated rings. The van der Waals surface area contributed by atoms with Crippen molar-refractivity contribution in [2.24, 2.45) is 0 Å². The third-order valence-corrected chi connectivity index (χ3v) is 6.63. The molecule has 0 aliphatic heterocycles. The Morgan fingerprint density at radius 2 is 1.56 bits per heavy atom. The van der Waals surface area contributed by atoms with Gasteiger partial charge in [-0.25, -0.2) is 0 Å². The lowest BCUT2D eigenvalue weighted by Gasteiger charge is -2.07. The number of ether oxygens (including phenoxy) is 1. The largest absolute Gasteiger partial charge is 0.573 e. The van der Waals surface area contributed by atoms with Crippen LogP contribution in [0.5, 0.6) is 5.75 Å². The Morgan fingerprint density at radius 3 is 2.22 bits per heavy atom. The van der Waals surface area contributed by atoms with E-state index in [2.05, 4.69) is 4.74 Å². The maximum absolute atomic E-state index is 12.4. The molecule has 0 saturated heterocycles. The molecule has 27 heavy (non-hydrogen) atoms. The molecule has 0 bridgehead atoms. The summed E-state index contributed by atoms with van der Waals surface area (Å²) in [4.78, 5) is 12.7. The molecule has 1 unspecified atom stereocenters. The number of thiophene rings is 1. The highest BCUT2D eigenvalue weighted by molar-refractivity contribution is 7.50. The average molecular weight is 387 g/mol. The number of Topliss-reactive ketones (excluding diaryl/α,β-unsaturated/α-hetero) is 1. The molecule has 6 heteroatoms. The Balaban J connectivity index is 1.91. The second-order valence-electron chi connectivity index (χ2n) is 6.09. The predicted octanol–water partition coefficient (Wildman–Crippen LogP) is 6.83. The topological polar surface area (TPSA) is 26.3 Å². The number of halogens is 3. The first-order valence-corrected chi connectivity index (χ1v) is 9.40. The summed E-state index contributed by atoms with van der Waals surface area (Å²) in [7, 11) is -0.442. The van der Waals surface area contributed by atoms with Gasteiger partial charge in [0.1, 0.15) is 5.75 Å². The van der Waals surface area contributed by atoms with E-state index >= 15 is 0 Å². The number of carbonyl (C=O) groups is 1. The van der Waals surface area contributed by atoms with Crippen molar-refractivity contribution in [1.82, 2.24) is 0 Å². The smallest absolute Gasteiger partial charge is 0.406 e. The number of rotatable bonds is 3. The first-order valence-electron chi connectivity index (χ1n) is 8.18. The first-order chi connectivity index (χ1) is 12.8. The highest BCUT2D eigenvalue weighted by atomic mass is 32.2. The zero-order valence-corrected chi connectivity index (χ0v) is 15.0. The monoisotopic (exact) mass is 387 g/mol. The van der Waals surface area contributed by atoms with Crippen molar-refractivity contribution in [1.29, 1.82) is 0 Å². The summed E-state index contributed by atoms with van der Waals surface area (Å²) in [6.45, 7) is 1.53. The van der Waals surface area contributed by atoms with Crippen molar-refractivity contribution in [3.05, 3.63) is 72.3 Å². The van der Waals surface area contributed by atoms with E-state index in [0.717, 1.165) is 25.1 Å². The van der Waals surface area contributed by atoms with Crippen molar-refractivity contribution in [2.75, 3.05) is 0 Å². The van der Waals surface area contributed by atoms with Crippen LogP contribution in [0.1, 0.15) is 17.3 Å². The Bertz CT molecular complexity index is 1160. The Kier molecular flexibility index (Phi) is 4.15. The molecule has 0 radical (unpaired) electrons. The highest BCUT2D eigenvalue weighted by Gasteiger charge is 2.31. The van der Waals surface area contributed by atoms with E-state index in [1.807, 2.05) is 36.4 Å². The molecule has 0 saturated carbocycles. The van der Waals surface area contributed by atoms with Gasteiger partial charge in [-0.15, -0.1) is 13.2 Å². The number of benzene rings is 3. The molecule has 1 aromatic heterocycles. The highest BCUT2D eigenvalue weighted by Crippen LogP contribution is 2.48. The number of fused-ring (bicyclic) bond motifs is 3. The van der Waals surface area contributed by atoms with Gasteiger partial charge in [0, 0.05) is 38.9 Å². The third kappa shape index (κ3) is 3.28. The van der Waals surface area contributed by atoms with Crippen LogP contribution in [0.3, 0.4) is 0 Å². The molecule has 1 atom stereocenters. The lowest BCUT2D eigenvalue weighted by Crippen LogP contribution is -2.16. The van der Waals surface area contributed by atoms with Gasteiger partial charge in [0.2, 0.25) is 0 Å². The maximum Gasteiger partial charge on any atom is 0.573 e.